The predicted octanol–water partition coefficient (Wildman–Crippen LogP) is 3.16. The van der Waals surface area contributed by atoms with Crippen LogP contribution in [0.15, 0.2) is 53.4 Å². The van der Waals surface area contributed by atoms with Crippen LogP contribution in [0.25, 0.3) is 0 Å². The van der Waals surface area contributed by atoms with Crippen molar-refractivity contribution < 1.29 is 18.0 Å². The summed E-state index contributed by atoms with van der Waals surface area (Å²) in [5.74, 6) is -0.919. The zero-order chi connectivity index (χ0) is 21.1. The van der Waals surface area contributed by atoms with Gasteiger partial charge in [0.1, 0.15) is 6.04 Å². The van der Waals surface area contributed by atoms with Crippen LogP contribution in [0.4, 0.5) is 5.69 Å². The molecule has 0 heterocycles. The summed E-state index contributed by atoms with van der Waals surface area (Å²) in [5.41, 5.74) is 0.817. The van der Waals surface area contributed by atoms with Crippen molar-refractivity contribution >= 4 is 38.9 Å². The highest BCUT2D eigenvalue weighted by molar-refractivity contribution is 7.90. The second kappa shape index (κ2) is 8.75. The third-order valence-electron chi connectivity index (χ3n) is 4.32. The van der Waals surface area contributed by atoms with Gasteiger partial charge in [-0.1, -0.05) is 37.6 Å². The fourth-order valence-electron chi connectivity index (χ4n) is 2.63. The van der Waals surface area contributed by atoms with Crippen molar-refractivity contribution in [1.29, 1.82) is 0 Å². The van der Waals surface area contributed by atoms with Gasteiger partial charge < -0.3 is 10.2 Å². The number of anilines is 1. The van der Waals surface area contributed by atoms with Crippen LogP contribution in [0.3, 0.4) is 0 Å². The van der Waals surface area contributed by atoms with Gasteiger partial charge >= 0.3 is 0 Å². The van der Waals surface area contributed by atoms with Gasteiger partial charge in [-0.15, -0.1) is 0 Å². The molecular formula is C20H23ClN2O4S. The van der Waals surface area contributed by atoms with Gasteiger partial charge in [0.05, 0.1) is 15.5 Å². The van der Waals surface area contributed by atoms with Crippen LogP contribution in [-0.2, 0) is 14.6 Å². The Bertz CT molecular complexity index is 972. The van der Waals surface area contributed by atoms with Crippen molar-refractivity contribution in [1.82, 2.24) is 5.32 Å². The maximum absolute atomic E-state index is 13.0. The quantitative estimate of drug-likeness (QED) is 0.775. The van der Waals surface area contributed by atoms with Gasteiger partial charge in [0, 0.05) is 19.0 Å². The van der Waals surface area contributed by atoms with Gasteiger partial charge in [-0.2, -0.15) is 0 Å². The molecule has 0 aliphatic heterocycles. The van der Waals surface area contributed by atoms with E-state index in [-0.39, 0.29) is 16.7 Å². The van der Waals surface area contributed by atoms with E-state index in [1.807, 2.05) is 13.8 Å². The van der Waals surface area contributed by atoms with E-state index in [0.29, 0.717) is 16.3 Å². The molecule has 0 aliphatic carbocycles. The van der Waals surface area contributed by atoms with E-state index in [9.17, 15) is 18.0 Å². The van der Waals surface area contributed by atoms with Crippen LogP contribution in [0.5, 0.6) is 0 Å². The summed E-state index contributed by atoms with van der Waals surface area (Å²) in [6.07, 6.45) is 1.12. The van der Waals surface area contributed by atoms with E-state index in [4.69, 9.17) is 11.6 Å². The number of rotatable bonds is 6. The number of nitrogens with one attached hydrogen (secondary N) is 1. The molecule has 2 amide bonds. The third kappa shape index (κ3) is 5.11. The second-order valence-corrected chi connectivity index (χ2v) is 9.26. The van der Waals surface area contributed by atoms with E-state index in [1.54, 1.807) is 43.4 Å². The SMILES string of the molecule is CC(C)C(NC(=O)c1ccccc1Cl)C(=O)N(C)c1ccc(S(C)(=O)=O)cc1. The number of hydrogen-bond donors (Lipinski definition) is 1. The van der Waals surface area contributed by atoms with Crippen molar-refractivity contribution in [2.75, 3.05) is 18.2 Å². The molecule has 150 valence electrons. The standard InChI is InChI=1S/C20H23ClN2O4S/c1-13(2)18(22-19(24)16-7-5-6-8-17(16)21)20(25)23(3)14-9-11-15(12-10-14)28(4,26)27/h5-13,18H,1-4H3,(H,22,24). The topological polar surface area (TPSA) is 83.6 Å². The number of likely N-dealkylation sites (N-methyl/N-ethyl adjacent to an activating group) is 1. The van der Waals surface area contributed by atoms with Crippen LogP contribution in [-0.4, -0.2) is 39.6 Å². The molecule has 6 nitrogen and oxygen atoms in total. The molecule has 1 unspecified atom stereocenters. The molecule has 0 aromatic heterocycles. The summed E-state index contributed by atoms with van der Waals surface area (Å²) in [7, 11) is -1.74. The van der Waals surface area contributed by atoms with Crippen LogP contribution < -0.4 is 10.2 Å². The molecule has 0 fully saturated rings. The van der Waals surface area contributed by atoms with Crippen molar-refractivity contribution in [3.8, 4) is 0 Å². The fraction of sp³-hybridized carbons (Fsp3) is 0.300. The number of benzene rings is 2. The Morgan fingerprint density at radius 2 is 1.61 bits per heavy atom. The lowest BCUT2D eigenvalue weighted by molar-refractivity contribution is -0.121. The summed E-state index contributed by atoms with van der Waals surface area (Å²) in [6.45, 7) is 3.66. The molecule has 1 atom stereocenters. The first-order valence-corrected chi connectivity index (χ1v) is 10.9. The average molecular weight is 423 g/mol. The second-order valence-electron chi connectivity index (χ2n) is 6.84. The third-order valence-corrected chi connectivity index (χ3v) is 5.78. The number of amides is 2. The van der Waals surface area contributed by atoms with E-state index >= 15 is 0 Å². The molecule has 0 radical (unpaired) electrons. The zero-order valence-corrected chi connectivity index (χ0v) is 17.7. The van der Waals surface area contributed by atoms with E-state index in [1.165, 1.54) is 17.0 Å². The lowest BCUT2D eigenvalue weighted by atomic mass is 10.0. The van der Waals surface area contributed by atoms with Crippen molar-refractivity contribution in [3.05, 3.63) is 59.1 Å². The van der Waals surface area contributed by atoms with E-state index < -0.39 is 21.8 Å². The smallest absolute Gasteiger partial charge is 0.253 e. The Hall–Kier alpha value is -2.38. The van der Waals surface area contributed by atoms with Gasteiger partial charge in [-0.05, 0) is 42.3 Å². The fourth-order valence-corrected chi connectivity index (χ4v) is 3.48. The summed E-state index contributed by atoms with van der Waals surface area (Å²) < 4.78 is 23.2. The molecule has 0 bridgehead atoms. The largest absolute Gasteiger partial charge is 0.340 e. The van der Waals surface area contributed by atoms with Crippen molar-refractivity contribution in [2.24, 2.45) is 5.92 Å². The molecule has 28 heavy (non-hydrogen) atoms. The first-order valence-electron chi connectivity index (χ1n) is 8.65. The van der Waals surface area contributed by atoms with Gasteiger partial charge in [-0.3, -0.25) is 9.59 Å². The van der Waals surface area contributed by atoms with Crippen molar-refractivity contribution in [2.45, 2.75) is 24.8 Å². The molecule has 0 aliphatic rings. The summed E-state index contributed by atoms with van der Waals surface area (Å²) in [5, 5.41) is 3.05. The van der Waals surface area contributed by atoms with Crippen molar-refractivity contribution in [3.63, 3.8) is 0 Å². The zero-order valence-electron chi connectivity index (χ0n) is 16.1. The number of sulfone groups is 1. The van der Waals surface area contributed by atoms with Crippen LogP contribution in [0.1, 0.15) is 24.2 Å². The van der Waals surface area contributed by atoms with Crippen LogP contribution in [0, 0.1) is 5.92 Å². The Labute approximate surface area is 170 Å². The summed E-state index contributed by atoms with van der Waals surface area (Å²) in [4.78, 5) is 27.1. The summed E-state index contributed by atoms with van der Waals surface area (Å²) in [6, 6.07) is 11.8. The minimum Gasteiger partial charge on any atom is -0.340 e. The number of nitrogens with zero attached hydrogens (tertiary/aromatic N) is 1. The molecule has 0 saturated heterocycles. The van der Waals surface area contributed by atoms with Crippen LogP contribution in [0.2, 0.25) is 5.02 Å². The highest BCUT2D eigenvalue weighted by atomic mass is 35.5. The first-order chi connectivity index (χ1) is 13.0. The number of carbonyl (C=O) groups is 2. The van der Waals surface area contributed by atoms with Crippen LogP contribution >= 0.6 is 11.6 Å². The number of halogens is 1. The minimum atomic E-state index is -3.32. The normalized spacial score (nSPS) is 12.5. The number of carbonyl (C=O) groups excluding carboxylic acids is 2. The summed E-state index contributed by atoms with van der Waals surface area (Å²) >= 11 is 6.07. The Balaban J connectivity index is 2.22. The number of hydrogen-bond acceptors (Lipinski definition) is 4. The van der Waals surface area contributed by atoms with Gasteiger partial charge in [0.25, 0.3) is 5.91 Å². The lowest BCUT2D eigenvalue weighted by Crippen LogP contribution is -2.50. The Morgan fingerprint density at radius 3 is 2.11 bits per heavy atom. The van der Waals surface area contributed by atoms with Gasteiger partial charge in [0.2, 0.25) is 5.91 Å². The highest BCUT2D eigenvalue weighted by Gasteiger charge is 2.28. The Kier molecular flexibility index (Phi) is 6.85. The monoisotopic (exact) mass is 422 g/mol. The molecule has 1 N–H and O–H groups in total. The molecule has 8 heteroatoms. The average Bonchev–Trinajstić information content (AvgIpc) is 2.64. The molecule has 2 aromatic rings. The highest BCUT2D eigenvalue weighted by Crippen LogP contribution is 2.20. The van der Waals surface area contributed by atoms with E-state index in [2.05, 4.69) is 5.32 Å². The Morgan fingerprint density at radius 1 is 1.04 bits per heavy atom. The molecule has 2 rings (SSSR count). The molecule has 0 spiro atoms. The lowest BCUT2D eigenvalue weighted by Gasteiger charge is -2.27. The minimum absolute atomic E-state index is 0.170. The van der Waals surface area contributed by atoms with Gasteiger partial charge in [0.15, 0.2) is 9.84 Å². The maximum atomic E-state index is 13.0. The molecule has 0 saturated carbocycles. The first kappa shape index (κ1) is 21.9. The van der Waals surface area contributed by atoms with E-state index in [0.717, 1.165) is 6.26 Å². The molecule has 2 aromatic carbocycles. The predicted molar refractivity (Wildman–Crippen MR) is 111 cm³/mol. The maximum Gasteiger partial charge on any atom is 0.253 e. The molecular weight excluding hydrogens is 400 g/mol. The van der Waals surface area contributed by atoms with Gasteiger partial charge in [-0.25, -0.2) is 8.42 Å².